The molecule has 1 rings (SSSR count). The molecule has 0 unspecified atom stereocenters. The van der Waals surface area contributed by atoms with Crippen molar-refractivity contribution in [1.29, 1.82) is 0 Å². The first-order chi connectivity index (χ1) is 11.6. The summed E-state index contributed by atoms with van der Waals surface area (Å²) in [7, 11) is 1.58. The molecule has 1 amide bonds. The van der Waals surface area contributed by atoms with Gasteiger partial charge in [0.25, 0.3) is 0 Å². The molecule has 0 bridgehead atoms. The van der Waals surface area contributed by atoms with Crippen LogP contribution in [-0.2, 0) is 25.4 Å². The van der Waals surface area contributed by atoms with Gasteiger partial charge in [0.15, 0.2) is 0 Å². The number of hydrogen-bond donors (Lipinski definition) is 1. The molecule has 0 aliphatic carbocycles. The highest BCUT2D eigenvalue weighted by atomic mass is 16.6. The van der Waals surface area contributed by atoms with Gasteiger partial charge in [-0.3, -0.25) is 0 Å². The van der Waals surface area contributed by atoms with E-state index in [9.17, 15) is 9.59 Å². The van der Waals surface area contributed by atoms with Gasteiger partial charge in [0.1, 0.15) is 17.7 Å². The molecule has 0 aromatic heterocycles. The molecule has 0 fully saturated rings. The molecule has 1 aromatic carbocycles. The summed E-state index contributed by atoms with van der Waals surface area (Å²) in [5.74, 6) is -0.534. The number of esters is 1. The van der Waals surface area contributed by atoms with Crippen molar-refractivity contribution in [3.05, 3.63) is 35.9 Å². The summed E-state index contributed by atoms with van der Waals surface area (Å²) in [4.78, 5) is 23.9. The Kier molecular flexibility index (Phi) is 7.90. The highest BCUT2D eigenvalue weighted by Crippen LogP contribution is 2.12. The van der Waals surface area contributed by atoms with Crippen LogP contribution in [0.1, 0.15) is 40.2 Å². The van der Waals surface area contributed by atoms with E-state index in [4.69, 9.17) is 14.2 Å². The molecule has 0 radical (unpaired) electrons. The SMILES string of the molecule is CO[C@H](Cc1ccccc1)[C@H](C)OC(=O)[C@H](C)NC(=O)OC(C)(C)C. The molecule has 1 N–H and O–H groups in total. The van der Waals surface area contributed by atoms with Gasteiger partial charge in [-0.2, -0.15) is 0 Å². The fourth-order valence-corrected chi connectivity index (χ4v) is 2.19. The van der Waals surface area contributed by atoms with Crippen LogP contribution in [0.3, 0.4) is 0 Å². The first kappa shape index (κ1) is 21.0. The van der Waals surface area contributed by atoms with E-state index >= 15 is 0 Å². The van der Waals surface area contributed by atoms with Gasteiger partial charge in [-0.15, -0.1) is 0 Å². The number of amides is 1. The summed E-state index contributed by atoms with van der Waals surface area (Å²) in [5.41, 5.74) is 0.467. The van der Waals surface area contributed by atoms with Crippen LogP contribution >= 0.6 is 0 Å². The molecular formula is C19H29NO5. The number of hydrogen-bond acceptors (Lipinski definition) is 5. The van der Waals surface area contributed by atoms with Crippen LogP contribution in [0.2, 0.25) is 0 Å². The van der Waals surface area contributed by atoms with Gasteiger partial charge in [-0.1, -0.05) is 30.3 Å². The molecular weight excluding hydrogens is 322 g/mol. The van der Waals surface area contributed by atoms with Crippen LogP contribution in [-0.4, -0.2) is 43.0 Å². The fraction of sp³-hybridized carbons (Fsp3) is 0.579. The van der Waals surface area contributed by atoms with Crippen molar-refractivity contribution in [3.63, 3.8) is 0 Å². The predicted octanol–water partition coefficient (Wildman–Crippen LogP) is 3.09. The van der Waals surface area contributed by atoms with Crippen LogP contribution in [0.15, 0.2) is 30.3 Å². The largest absolute Gasteiger partial charge is 0.458 e. The van der Waals surface area contributed by atoms with E-state index < -0.39 is 29.8 Å². The predicted molar refractivity (Wildman–Crippen MR) is 95.3 cm³/mol. The standard InChI is InChI=1S/C19H29NO5/c1-13(20-18(22)25-19(3,4)5)17(21)24-14(2)16(23-6)12-15-10-8-7-9-11-15/h7-11,13-14,16H,12H2,1-6H3,(H,20,22)/t13-,14-,16+/m0/s1. The smallest absolute Gasteiger partial charge is 0.408 e. The zero-order valence-electron chi connectivity index (χ0n) is 15.9. The zero-order valence-corrected chi connectivity index (χ0v) is 15.9. The van der Waals surface area contributed by atoms with Gasteiger partial charge in [0, 0.05) is 13.5 Å². The lowest BCUT2D eigenvalue weighted by Crippen LogP contribution is -2.44. The number of carbonyl (C=O) groups excluding carboxylic acids is 2. The van der Waals surface area contributed by atoms with Crippen molar-refractivity contribution in [1.82, 2.24) is 5.32 Å². The first-order valence-electron chi connectivity index (χ1n) is 8.39. The number of carbonyl (C=O) groups is 2. The lowest BCUT2D eigenvalue weighted by molar-refractivity contribution is -0.156. The van der Waals surface area contributed by atoms with Gasteiger partial charge in [0.2, 0.25) is 0 Å². The lowest BCUT2D eigenvalue weighted by Gasteiger charge is -2.25. The summed E-state index contributed by atoms with van der Waals surface area (Å²) >= 11 is 0. The number of methoxy groups -OCH3 is 1. The molecule has 0 aliphatic rings. The monoisotopic (exact) mass is 351 g/mol. The zero-order chi connectivity index (χ0) is 19.0. The number of benzene rings is 1. The van der Waals surface area contributed by atoms with Crippen molar-refractivity contribution in [3.8, 4) is 0 Å². The van der Waals surface area contributed by atoms with Crippen LogP contribution in [0.4, 0.5) is 4.79 Å². The molecule has 0 saturated heterocycles. The van der Waals surface area contributed by atoms with Gasteiger partial charge >= 0.3 is 12.1 Å². The maximum Gasteiger partial charge on any atom is 0.408 e. The average molecular weight is 351 g/mol. The minimum Gasteiger partial charge on any atom is -0.458 e. The van der Waals surface area contributed by atoms with Gasteiger partial charge in [-0.25, -0.2) is 9.59 Å². The molecule has 1 aromatic rings. The van der Waals surface area contributed by atoms with Crippen molar-refractivity contribution in [2.24, 2.45) is 0 Å². The summed E-state index contributed by atoms with van der Waals surface area (Å²) in [6.07, 6.45) is -0.766. The van der Waals surface area contributed by atoms with Gasteiger partial charge in [-0.05, 0) is 40.2 Å². The lowest BCUT2D eigenvalue weighted by atomic mass is 10.0. The Bertz CT molecular complexity index is 553. The molecule has 6 nitrogen and oxygen atoms in total. The van der Waals surface area contributed by atoms with Crippen LogP contribution < -0.4 is 5.32 Å². The van der Waals surface area contributed by atoms with Gasteiger partial charge < -0.3 is 19.5 Å². The molecule has 0 spiro atoms. The number of rotatable bonds is 7. The minimum atomic E-state index is -0.813. The third kappa shape index (κ3) is 8.03. The third-order valence-corrected chi connectivity index (χ3v) is 3.49. The van der Waals surface area contributed by atoms with E-state index in [0.717, 1.165) is 5.56 Å². The minimum absolute atomic E-state index is 0.278. The summed E-state index contributed by atoms with van der Waals surface area (Å²) in [5, 5.41) is 2.47. The van der Waals surface area contributed by atoms with Crippen molar-refractivity contribution in [2.45, 2.75) is 64.9 Å². The van der Waals surface area contributed by atoms with Crippen LogP contribution in [0.5, 0.6) is 0 Å². The maximum atomic E-state index is 12.2. The number of nitrogens with one attached hydrogen (secondary N) is 1. The fourth-order valence-electron chi connectivity index (χ4n) is 2.19. The Balaban J connectivity index is 2.54. The van der Waals surface area contributed by atoms with E-state index in [2.05, 4.69) is 5.32 Å². The second-order valence-electron chi connectivity index (χ2n) is 6.97. The van der Waals surface area contributed by atoms with E-state index in [1.54, 1.807) is 41.7 Å². The molecule has 25 heavy (non-hydrogen) atoms. The molecule has 0 saturated carbocycles. The van der Waals surface area contributed by atoms with E-state index in [-0.39, 0.29) is 6.10 Å². The summed E-state index contributed by atoms with van der Waals surface area (Å²) < 4.78 is 16.0. The molecule has 6 heteroatoms. The molecule has 0 heterocycles. The molecule has 3 atom stereocenters. The molecule has 140 valence electrons. The van der Waals surface area contributed by atoms with E-state index in [0.29, 0.717) is 6.42 Å². The maximum absolute atomic E-state index is 12.2. The second-order valence-corrected chi connectivity index (χ2v) is 6.97. The highest BCUT2D eigenvalue weighted by molar-refractivity contribution is 5.81. The van der Waals surface area contributed by atoms with E-state index in [1.165, 1.54) is 0 Å². The summed E-state index contributed by atoms with van der Waals surface area (Å²) in [6, 6.07) is 9.02. The number of ether oxygens (including phenoxy) is 3. The third-order valence-electron chi connectivity index (χ3n) is 3.49. The topological polar surface area (TPSA) is 73.9 Å². The Morgan fingerprint density at radius 2 is 1.72 bits per heavy atom. The van der Waals surface area contributed by atoms with Crippen LogP contribution in [0.25, 0.3) is 0 Å². The normalized spacial score (nSPS) is 15.0. The highest BCUT2D eigenvalue weighted by Gasteiger charge is 2.26. The van der Waals surface area contributed by atoms with Crippen molar-refractivity contribution in [2.75, 3.05) is 7.11 Å². The molecule has 0 aliphatic heterocycles. The summed E-state index contributed by atoms with van der Waals surface area (Å²) in [6.45, 7) is 8.59. The average Bonchev–Trinajstić information content (AvgIpc) is 2.51. The van der Waals surface area contributed by atoms with Crippen LogP contribution in [0, 0.1) is 0 Å². The first-order valence-corrected chi connectivity index (χ1v) is 8.39. The van der Waals surface area contributed by atoms with Crippen molar-refractivity contribution >= 4 is 12.1 Å². The number of alkyl carbamates (subject to hydrolysis) is 1. The Hall–Kier alpha value is -2.08. The quantitative estimate of drug-likeness (QED) is 0.764. The van der Waals surface area contributed by atoms with Gasteiger partial charge in [0.05, 0.1) is 6.10 Å². The van der Waals surface area contributed by atoms with E-state index in [1.807, 2.05) is 30.3 Å². The second kappa shape index (κ2) is 9.42. The Labute approximate surface area is 149 Å². The Morgan fingerprint density at radius 1 is 1.12 bits per heavy atom. The van der Waals surface area contributed by atoms with Crippen molar-refractivity contribution < 1.29 is 23.8 Å². The Morgan fingerprint density at radius 3 is 2.24 bits per heavy atom.